The quantitative estimate of drug-likeness (QED) is 0.795. The first kappa shape index (κ1) is 13.3. The van der Waals surface area contributed by atoms with Crippen LogP contribution in [0.1, 0.15) is 36.0 Å². The Morgan fingerprint density at radius 3 is 2.95 bits per heavy atom. The molecule has 2 unspecified atom stereocenters. The molecule has 0 radical (unpaired) electrons. The van der Waals surface area contributed by atoms with Crippen molar-refractivity contribution < 1.29 is 4.79 Å². The topological polar surface area (TPSA) is 49.3 Å². The average molecular weight is 301 g/mol. The molecule has 0 aliphatic carbocycles. The van der Waals surface area contributed by atoms with Gasteiger partial charge in [-0.15, -0.1) is 10.2 Å². The SMILES string of the molecule is CC1CN2CCCCC2CN1C(=O)c1nnc(Cl)s1. The fraction of sp³-hybridized carbons (Fsp3) is 0.750. The molecule has 7 heteroatoms. The van der Waals surface area contributed by atoms with Gasteiger partial charge in [-0.1, -0.05) is 17.8 Å². The lowest BCUT2D eigenvalue weighted by atomic mass is 9.97. The second-order valence-electron chi connectivity index (χ2n) is 5.31. The zero-order valence-electron chi connectivity index (χ0n) is 10.9. The Balaban J connectivity index is 1.75. The van der Waals surface area contributed by atoms with Crippen LogP contribution in [0.3, 0.4) is 0 Å². The van der Waals surface area contributed by atoms with E-state index in [1.54, 1.807) is 0 Å². The Labute approximate surface area is 121 Å². The van der Waals surface area contributed by atoms with Crippen molar-refractivity contribution >= 4 is 28.8 Å². The summed E-state index contributed by atoms with van der Waals surface area (Å²) < 4.78 is 0.326. The van der Waals surface area contributed by atoms with Gasteiger partial charge >= 0.3 is 0 Å². The number of piperazine rings is 1. The highest BCUT2D eigenvalue weighted by Gasteiger charge is 2.36. The molecule has 2 aliphatic heterocycles. The Morgan fingerprint density at radius 2 is 2.21 bits per heavy atom. The fourth-order valence-corrected chi connectivity index (χ4v) is 3.83. The number of carbonyl (C=O) groups is 1. The Hall–Kier alpha value is -0.720. The van der Waals surface area contributed by atoms with E-state index >= 15 is 0 Å². The van der Waals surface area contributed by atoms with Gasteiger partial charge in [-0.25, -0.2) is 0 Å². The summed E-state index contributed by atoms with van der Waals surface area (Å²) >= 11 is 6.92. The zero-order chi connectivity index (χ0) is 13.4. The van der Waals surface area contributed by atoms with E-state index in [9.17, 15) is 4.79 Å². The van der Waals surface area contributed by atoms with Crippen molar-refractivity contribution in [2.45, 2.75) is 38.3 Å². The van der Waals surface area contributed by atoms with Crippen molar-refractivity contribution in [3.05, 3.63) is 9.47 Å². The molecule has 0 bridgehead atoms. The predicted molar refractivity (Wildman–Crippen MR) is 74.6 cm³/mol. The molecule has 2 saturated heterocycles. The van der Waals surface area contributed by atoms with E-state index in [0.717, 1.165) is 24.4 Å². The summed E-state index contributed by atoms with van der Waals surface area (Å²) in [6, 6.07) is 0.738. The molecule has 1 aromatic rings. The maximum absolute atomic E-state index is 12.5. The minimum atomic E-state index is -0.0258. The number of nitrogens with zero attached hydrogens (tertiary/aromatic N) is 4. The van der Waals surface area contributed by atoms with Gasteiger partial charge in [-0.05, 0) is 37.9 Å². The first-order valence-electron chi connectivity index (χ1n) is 6.69. The molecule has 0 spiro atoms. The number of fused-ring (bicyclic) bond motifs is 1. The normalized spacial score (nSPS) is 28.2. The number of rotatable bonds is 1. The van der Waals surface area contributed by atoms with Gasteiger partial charge in [0.05, 0.1) is 0 Å². The van der Waals surface area contributed by atoms with Gasteiger partial charge in [0, 0.05) is 25.2 Å². The van der Waals surface area contributed by atoms with E-state index in [1.165, 1.54) is 25.8 Å². The third-order valence-electron chi connectivity index (χ3n) is 4.03. The monoisotopic (exact) mass is 300 g/mol. The predicted octanol–water partition coefficient (Wildman–Crippen LogP) is 1.89. The van der Waals surface area contributed by atoms with E-state index in [1.807, 2.05) is 4.90 Å². The minimum Gasteiger partial charge on any atom is -0.331 e. The number of halogens is 1. The van der Waals surface area contributed by atoms with E-state index in [0.29, 0.717) is 15.5 Å². The highest BCUT2D eigenvalue weighted by molar-refractivity contribution is 7.17. The van der Waals surface area contributed by atoms with Crippen LogP contribution in [0.5, 0.6) is 0 Å². The molecule has 1 amide bonds. The molecule has 2 aliphatic rings. The van der Waals surface area contributed by atoms with Crippen LogP contribution in [-0.2, 0) is 0 Å². The minimum absolute atomic E-state index is 0.0258. The first-order valence-corrected chi connectivity index (χ1v) is 7.88. The first-order chi connectivity index (χ1) is 9.15. The molecular weight excluding hydrogens is 284 g/mol. The van der Waals surface area contributed by atoms with Gasteiger partial charge < -0.3 is 4.90 Å². The summed E-state index contributed by atoms with van der Waals surface area (Å²) in [6.07, 6.45) is 3.73. The maximum Gasteiger partial charge on any atom is 0.285 e. The lowest BCUT2D eigenvalue weighted by molar-refractivity contribution is 0.0151. The zero-order valence-corrected chi connectivity index (χ0v) is 12.5. The van der Waals surface area contributed by atoms with Gasteiger partial charge in [-0.3, -0.25) is 9.69 Å². The fourth-order valence-electron chi connectivity index (χ4n) is 3.05. The van der Waals surface area contributed by atoms with Crippen molar-refractivity contribution in [2.24, 2.45) is 0 Å². The number of aromatic nitrogens is 2. The van der Waals surface area contributed by atoms with E-state index in [2.05, 4.69) is 22.0 Å². The Kier molecular flexibility index (Phi) is 3.73. The molecule has 0 aromatic carbocycles. The van der Waals surface area contributed by atoms with Crippen molar-refractivity contribution in [1.29, 1.82) is 0 Å². The summed E-state index contributed by atoms with van der Waals surface area (Å²) in [5.74, 6) is -0.0258. The lowest BCUT2D eigenvalue weighted by Gasteiger charge is -2.47. The van der Waals surface area contributed by atoms with Crippen LogP contribution in [-0.4, -0.2) is 57.6 Å². The van der Waals surface area contributed by atoms with Crippen molar-refractivity contribution in [2.75, 3.05) is 19.6 Å². The molecule has 104 valence electrons. The summed E-state index contributed by atoms with van der Waals surface area (Å²) in [5, 5.41) is 7.98. The number of piperidine rings is 1. The van der Waals surface area contributed by atoms with Gasteiger partial charge in [0.15, 0.2) is 0 Å². The maximum atomic E-state index is 12.5. The smallest absolute Gasteiger partial charge is 0.285 e. The summed E-state index contributed by atoms with van der Waals surface area (Å²) in [5.41, 5.74) is 0. The van der Waals surface area contributed by atoms with E-state index in [4.69, 9.17) is 11.6 Å². The molecule has 1 aromatic heterocycles. The highest BCUT2D eigenvalue weighted by Crippen LogP contribution is 2.26. The lowest BCUT2D eigenvalue weighted by Crippen LogP contribution is -2.60. The van der Waals surface area contributed by atoms with Gasteiger partial charge in [0.25, 0.3) is 5.91 Å². The van der Waals surface area contributed by atoms with Gasteiger partial charge in [-0.2, -0.15) is 0 Å². The van der Waals surface area contributed by atoms with Crippen LogP contribution in [0.25, 0.3) is 0 Å². The number of amides is 1. The van der Waals surface area contributed by atoms with Crippen LogP contribution in [0.2, 0.25) is 4.47 Å². The second-order valence-corrected chi connectivity index (χ2v) is 6.87. The molecule has 2 atom stereocenters. The number of hydrogen-bond donors (Lipinski definition) is 0. The van der Waals surface area contributed by atoms with E-state index < -0.39 is 0 Å². The summed E-state index contributed by atoms with van der Waals surface area (Å²) in [7, 11) is 0. The molecule has 2 fully saturated rings. The van der Waals surface area contributed by atoms with Gasteiger partial charge in [0.2, 0.25) is 9.47 Å². The molecule has 19 heavy (non-hydrogen) atoms. The van der Waals surface area contributed by atoms with Crippen LogP contribution < -0.4 is 0 Å². The average Bonchev–Trinajstić information content (AvgIpc) is 2.84. The Bertz CT molecular complexity index is 480. The van der Waals surface area contributed by atoms with Crippen molar-refractivity contribution in [3.8, 4) is 0 Å². The summed E-state index contributed by atoms with van der Waals surface area (Å²) in [4.78, 5) is 16.9. The molecule has 3 heterocycles. The third kappa shape index (κ3) is 2.61. The van der Waals surface area contributed by atoms with Crippen LogP contribution in [0, 0.1) is 0 Å². The molecule has 5 nitrogen and oxygen atoms in total. The molecule has 0 saturated carbocycles. The van der Waals surface area contributed by atoms with E-state index in [-0.39, 0.29) is 11.9 Å². The largest absolute Gasteiger partial charge is 0.331 e. The van der Waals surface area contributed by atoms with Gasteiger partial charge in [0.1, 0.15) is 0 Å². The van der Waals surface area contributed by atoms with Crippen LogP contribution in [0.15, 0.2) is 0 Å². The standard InChI is InChI=1S/C12H17ClN4OS/c1-8-6-16-5-3-2-4-9(16)7-17(8)11(18)10-14-15-12(13)19-10/h8-9H,2-7H2,1H3. The van der Waals surface area contributed by atoms with Crippen molar-refractivity contribution in [1.82, 2.24) is 20.0 Å². The second kappa shape index (κ2) is 5.34. The highest BCUT2D eigenvalue weighted by atomic mass is 35.5. The van der Waals surface area contributed by atoms with Crippen LogP contribution >= 0.6 is 22.9 Å². The molecule has 0 N–H and O–H groups in total. The Morgan fingerprint density at radius 1 is 1.37 bits per heavy atom. The summed E-state index contributed by atoms with van der Waals surface area (Å²) in [6.45, 7) is 5.03. The molecular formula is C12H17ClN4OS. The number of carbonyl (C=O) groups excluding carboxylic acids is 1. The van der Waals surface area contributed by atoms with Crippen LogP contribution in [0.4, 0.5) is 0 Å². The molecule has 3 rings (SSSR count). The van der Waals surface area contributed by atoms with Crippen molar-refractivity contribution in [3.63, 3.8) is 0 Å². The number of hydrogen-bond acceptors (Lipinski definition) is 5. The third-order valence-corrected chi connectivity index (χ3v) is 5.04.